The molecule has 3 nitrogen and oxygen atoms in total. The number of alkyl halides is 3. The van der Waals surface area contributed by atoms with Gasteiger partial charge in [0.2, 0.25) is 0 Å². The molecule has 0 aliphatic rings. The van der Waals surface area contributed by atoms with Gasteiger partial charge < -0.3 is 5.32 Å². The zero-order valence-electron chi connectivity index (χ0n) is 13.0. The summed E-state index contributed by atoms with van der Waals surface area (Å²) in [5, 5.41) is 2.85. The van der Waals surface area contributed by atoms with E-state index in [0.717, 1.165) is 0 Å². The number of halogens is 4. The molecule has 2 aromatic rings. The zero-order chi connectivity index (χ0) is 17.7. The van der Waals surface area contributed by atoms with Crippen molar-refractivity contribution < 1.29 is 17.6 Å². The largest absolute Gasteiger partial charge is 0.398 e. The maximum atomic E-state index is 14.1. The molecule has 2 rings (SSSR count). The fourth-order valence-corrected chi connectivity index (χ4v) is 2.74. The number of aromatic nitrogens is 1. The second kappa shape index (κ2) is 7.65. The van der Waals surface area contributed by atoms with Crippen LogP contribution in [0.5, 0.6) is 0 Å². The molecular formula is C16H15F4N3S. The number of benzene rings is 1. The molecule has 0 spiro atoms. The number of pyridine rings is 1. The molecule has 128 valence electrons. The lowest BCUT2D eigenvalue weighted by Gasteiger charge is -2.11. The van der Waals surface area contributed by atoms with Crippen molar-refractivity contribution in [3.8, 4) is 0 Å². The molecule has 0 aliphatic heterocycles. The molecule has 0 radical (unpaired) electrons. The molecule has 0 unspecified atom stereocenters. The molecule has 0 aliphatic carbocycles. The Morgan fingerprint density at radius 3 is 2.50 bits per heavy atom. The highest BCUT2D eigenvalue weighted by Gasteiger charge is 2.27. The van der Waals surface area contributed by atoms with Crippen molar-refractivity contribution in [2.45, 2.75) is 18.0 Å². The van der Waals surface area contributed by atoms with Crippen molar-refractivity contribution in [3.05, 3.63) is 53.6 Å². The molecule has 24 heavy (non-hydrogen) atoms. The summed E-state index contributed by atoms with van der Waals surface area (Å²) < 4.78 is 51.3. The summed E-state index contributed by atoms with van der Waals surface area (Å²) >= 11 is 0.616. The molecule has 0 bridgehead atoms. The molecule has 0 fully saturated rings. The molecule has 0 saturated carbocycles. The molecule has 1 aromatic carbocycles. The fraction of sp³-hybridized carbons (Fsp3) is 0.250. The smallest absolute Gasteiger partial charge is 0.373 e. The van der Waals surface area contributed by atoms with Crippen molar-refractivity contribution in [3.63, 3.8) is 0 Å². The predicted molar refractivity (Wildman–Crippen MR) is 87.4 cm³/mol. The van der Waals surface area contributed by atoms with Gasteiger partial charge in [-0.2, -0.15) is 13.2 Å². The Morgan fingerprint density at radius 2 is 1.92 bits per heavy atom. The van der Waals surface area contributed by atoms with E-state index in [1.807, 2.05) is 0 Å². The van der Waals surface area contributed by atoms with Crippen molar-refractivity contribution in [1.82, 2.24) is 10.3 Å². The molecule has 1 heterocycles. The summed E-state index contributed by atoms with van der Waals surface area (Å²) in [6.45, 7) is 1.57. The minimum atomic E-state index is -4.29. The van der Waals surface area contributed by atoms with Gasteiger partial charge in [-0.3, -0.25) is 4.98 Å². The lowest BCUT2D eigenvalue weighted by atomic mass is 10.2. The monoisotopic (exact) mass is 357 g/mol. The number of nitrogens with one attached hydrogen (secondary N) is 1. The normalized spacial score (nSPS) is 12.3. The third kappa shape index (κ3) is 4.95. The highest BCUT2D eigenvalue weighted by molar-refractivity contribution is 7.99. The zero-order valence-corrected chi connectivity index (χ0v) is 13.8. The number of thioether (sulfide) groups is 1. The lowest BCUT2D eigenvalue weighted by Crippen LogP contribution is -2.19. The van der Waals surface area contributed by atoms with E-state index < -0.39 is 17.7 Å². The second-order valence-corrected chi connectivity index (χ2v) is 5.94. The van der Waals surface area contributed by atoms with Crippen LogP contribution in [0.3, 0.4) is 0 Å². The van der Waals surface area contributed by atoms with Gasteiger partial charge in [-0.15, -0.1) is 11.8 Å². The van der Waals surface area contributed by atoms with Crippen LogP contribution >= 0.6 is 11.8 Å². The van der Waals surface area contributed by atoms with Crippen LogP contribution in [-0.2, 0) is 0 Å². The number of aliphatic imine (C=N–C) groups is 1. The van der Waals surface area contributed by atoms with Gasteiger partial charge in [0.25, 0.3) is 0 Å². The SMILES string of the molecule is CN/C(=N\c1cc(SCC(F)(F)F)c(C)cc1F)c1ccncc1. The van der Waals surface area contributed by atoms with Crippen molar-refractivity contribution in [1.29, 1.82) is 0 Å². The number of aryl methyl sites for hydroxylation is 1. The van der Waals surface area contributed by atoms with Crippen LogP contribution in [0.2, 0.25) is 0 Å². The van der Waals surface area contributed by atoms with E-state index in [1.165, 1.54) is 12.1 Å². The Hall–Kier alpha value is -2.09. The van der Waals surface area contributed by atoms with Crippen molar-refractivity contribution >= 4 is 23.3 Å². The maximum Gasteiger partial charge on any atom is 0.398 e. The summed E-state index contributed by atoms with van der Waals surface area (Å²) in [5.74, 6) is -1.23. The fourth-order valence-electron chi connectivity index (χ4n) is 1.94. The summed E-state index contributed by atoms with van der Waals surface area (Å²) in [6, 6.07) is 5.92. The number of hydrogen-bond donors (Lipinski definition) is 1. The van der Waals surface area contributed by atoms with E-state index in [4.69, 9.17) is 0 Å². The molecule has 0 atom stereocenters. The van der Waals surface area contributed by atoms with Crippen LogP contribution in [0.15, 0.2) is 46.5 Å². The van der Waals surface area contributed by atoms with Crippen LogP contribution in [0.4, 0.5) is 23.2 Å². The standard InChI is InChI=1S/C16H15F4N3S/c1-10-7-12(17)13(8-14(10)24-9-16(18,19)20)23-15(21-2)11-3-5-22-6-4-11/h3-8H,9H2,1-2H3,(H,21,23). The highest BCUT2D eigenvalue weighted by Crippen LogP contribution is 2.33. The summed E-state index contributed by atoms with van der Waals surface area (Å²) in [5.41, 5.74) is 1.11. The first-order chi connectivity index (χ1) is 11.3. The maximum absolute atomic E-state index is 14.1. The van der Waals surface area contributed by atoms with E-state index in [2.05, 4.69) is 15.3 Å². The molecule has 8 heteroatoms. The van der Waals surface area contributed by atoms with E-state index in [9.17, 15) is 17.6 Å². The van der Waals surface area contributed by atoms with Crippen LogP contribution < -0.4 is 5.32 Å². The van der Waals surface area contributed by atoms with Gasteiger partial charge in [0.1, 0.15) is 17.3 Å². The van der Waals surface area contributed by atoms with Crippen LogP contribution in [-0.4, -0.2) is 29.8 Å². The Labute approximate surface area is 141 Å². The van der Waals surface area contributed by atoms with Gasteiger partial charge in [0, 0.05) is 29.9 Å². The van der Waals surface area contributed by atoms with E-state index in [-0.39, 0.29) is 5.69 Å². The number of nitrogens with zero attached hydrogens (tertiary/aromatic N) is 2. The molecule has 0 amide bonds. The average Bonchev–Trinajstić information content (AvgIpc) is 2.53. The van der Waals surface area contributed by atoms with E-state index in [1.54, 1.807) is 38.5 Å². The first-order valence-corrected chi connectivity index (χ1v) is 7.95. The summed E-state index contributed by atoms with van der Waals surface area (Å²) in [6.07, 6.45) is -1.15. The molecule has 1 N–H and O–H groups in total. The van der Waals surface area contributed by atoms with Gasteiger partial charge in [-0.1, -0.05) is 0 Å². The molecule has 1 aromatic heterocycles. The van der Waals surface area contributed by atoms with Gasteiger partial charge in [-0.25, -0.2) is 9.38 Å². The first kappa shape index (κ1) is 18.3. The average molecular weight is 357 g/mol. The second-order valence-electron chi connectivity index (χ2n) is 4.92. The van der Waals surface area contributed by atoms with Gasteiger partial charge in [-0.05, 0) is 36.8 Å². The topological polar surface area (TPSA) is 37.3 Å². The first-order valence-electron chi connectivity index (χ1n) is 6.96. The van der Waals surface area contributed by atoms with E-state index >= 15 is 0 Å². The molecule has 0 saturated heterocycles. The van der Waals surface area contributed by atoms with Crippen LogP contribution in [0.25, 0.3) is 0 Å². The van der Waals surface area contributed by atoms with E-state index in [0.29, 0.717) is 33.6 Å². The summed E-state index contributed by atoms with van der Waals surface area (Å²) in [4.78, 5) is 8.44. The number of amidine groups is 1. The molecular weight excluding hydrogens is 342 g/mol. The van der Waals surface area contributed by atoms with Crippen LogP contribution in [0.1, 0.15) is 11.1 Å². The predicted octanol–water partition coefficient (Wildman–Crippen LogP) is 4.48. The van der Waals surface area contributed by atoms with Gasteiger partial charge in [0.15, 0.2) is 0 Å². The Bertz CT molecular complexity index is 730. The number of rotatable bonds is 4. The third-order valence-electron chi connectivity index (χ3n) is 3.06. The minimum Gasteiger partial charge on any atom is -0.373 e. The van der Waals surface area contributed by atoms with Crippen molar-refractivity contribution in [2.24, 2.45) is 4.99 Å². The Balaban J connectivity index is 2.37. The minimum absolute atomic E-state index is 0.0218. The Kier molecular flexibility index (Phi) is 5.82. The number of hydrogen-bond acceptors (Lipinski definition) is 3. The van der Waals surface area contributed by atoms with Gasteiger partial charge in [0.05, 0.1) is 5.75 Å². The highest BCUT2D eigenvalue weighted by atomic mass is 32.2. The Morgan fingerprint density at radius 1 is 1.25 bits per heavy atom. The third-order valence-corrected chi connectivity index (χ3v) is 4.28. The van der Waals surface area contributed by atoms with Crippen molar-refractivity contribution in [2.75, 3.05) is 12.8 Å². The summed E-state index contributed by atoms with van der Waals surface area (Å²) in [7, 11) is 1.63. The quantitative estimate of drug-likeness (QED) is 0.379. The van der Waals surface area contributed by atoms with Gasteiger partial charge >= 0.3 is 6.18 Å². The van der Waals surface area contributed by atoms with Crippen LogP contribution in [0, 0.1) is 12.7 Å². The lowest BCUT2D eigenvalue weighted by molar-refractivity contribution is -0.105.